The summed E-state index contributed by atoms with van der Waals surface area (Å²) in [5.74, 6) is 0.755. The molecule has 0 spiro atoms. The third-order valence-electron chi connectivity index (χ3n) is 2.55. The van der Waals surface area contributed by atoms with E-state index in [1.807, 2.05) is 6.07 Å². The minimum absolute atomic E-state index is 0.346. The first kappa shape index (κ1) is 13.1. The number of nitrogen functional groups attached to an aromatic ring is 1. The Hall–Kier alpha value is -1.92. The molecule has 5 nitrogen and oxygen atoms in total. The molecule has 3 aromatic rings. The van der Waals surface area contributed by atoms with E-state index in [1.54, 1.807) is 30.5 Å². The van der Waals surface area contributed by atoms with E-state index in [-0.39, 0.29) is 0 Å². The average Bonchev–Trinajstić information content (AvgIpc) is 2.88. The smallest absolute Gasteiger partial charge is 0.258 e. The van der Waals surface area contributed by atoms with E-state index in [4.69, 9.17) is 21.9 Å². The number of benzene rings is 1. The molecule has 0 bridgehead atoms. The van der Waals surface area contributed by atoms with Crippen LogP contribution < -0.4 is 5.73 Å². The van der Waals surface area contributed by atoms with Crippen LogP contribution in [-0.2, 0) is 0 Å². The summed E-state index contributed by atoms with van der Waals surface area (Å²) >= 11 is 9.27. The molecule has 2 aromatic heterocycles. The summed E-state index contributed by atoms with van der Waals surface area (Å²) in [6.45, 7) is 0. The lowest BCUT2D eigenvalue weighted by atomic mass is 10.2. The van der Waals surface area contributed by atoms with Crippen molar-refractivity contribution in [2.75, 3.05) is 5.73 Å². The maximum Gasteiger partial charge on any atom is 0.258 e. The van der Waals surface area contributed by atoms with Crippen molar-refractivity contribution in [3.63, 3.8) is 0 Å². The monoisotopic (exact) mass is 350 g/mol. The Morgan fingerprint density at radius 3 is 2.75 bits per heavy atom. The Morgan fingerprint density at radius 2 is 2.05 bits per heavy atom. The van der Waals surface area contributed by atoms with Gasteiger partial charge < -0.3 is 10.3 Å². The lowest BCUT2D eigenvalue weighted by Gasteiger charge is -1.98. The van der Waals surface area contributed by atoms with Crippen molar-refractivity contribution in [1.29, 1.82) is 0 Å². The van der Waals surface area contributed by atoms with Crippen LogP contribution in [0, 0.1) is 0 Å². The van der Waals surface area contributed by atoms with E-state index >= 15 is 0 Å². The number of nitrogens with two attached hydrogens (primary N) is 1. The van der Waals surface area contributed by atoms with E-state index < -0.39 is 0 Å². The van der Waals surface area contributed by atoms with Crippen LogP contribution in [0.4, 0.5) is 5.69 Å². The van der Waals surface area contributed by atoms with E-state index in [0.29, 0.717) is 33.7 Å². The van der Waals surface area contributed by atoms with Crippen LogP contribution >= 0.6 is 27.5 Å². The van der Waals surface area contributed by atoms with Gasteiger partial charge in [-0.25, -0.2) is 0 Å². The van der Waals surface area contributed by atoms with Gasteiger partial charge in [-0.3, -0.25) is 4.98 Å². The first-order valence-corrected chi connectivity index (χ1v) is 6.81. The predicted octanol–water partition coefficient (Wildman–Crippen LogP) is 3.80. The number of aromatic nitrogens is 3. The summed E-state index contributed by atoms with van der Waals surface area (Å²) in [6, 6.07) is 8.74. The molecule has 0 saturated heterocycles. The molecule has 100 valence electrons. The molecule has 20 heavy (non-hydrogen) atoms. The lowest BCUT2D eigenvalue weighted by molar-refractivity contribution is 0.432. The Labute approximate surface area is 127 Å². The van der Waals surface area contributed by atoms with Gasteiger partial charge in [0.1, 0.15) is 5.69 Å². The van der Waals surface area contributed by atoms with Crippen LogP contribution in [0.5, 0.6) is 0 Å². The molecular formula is C13H8BrClN4O. The third kappa shape index (κ3) is 2.66. The van der Waals surface area contributed by atoms with E-state index in [1.165, 1.54) is 0 Å². The molecule has 0 radical (unpaired) electrons. The number of anilines is 1. The molecule has 1 aromatic carbocycles. The highest BCUT2D eigenvalue weighted by molar-refractivity contribution is 9.10. The first-order valence-electron chi connectivity index (χ1n) is 5.64. The molecule has 0 aliphatic rings. The second-order valence-corrected chi connectivity index (χ2v) is 5.41. The lowest BCUT2D eigenvalue weighted by Crippen LogP contribution is -1.87. The number of nitrogens with zero attached hydrogens (tertiary/aromatic N) is 3. The Morgan fingerprint density at radius 1 is 1.20 bits per heavy atom. The molecule has 0 atom stereocenters. The van der Waals surface area contributed by atoms with Crippen molar-refractivity contribution in [2.45, 2.75) is 0 Å². The second-order valence-electron chi connectivity index (χ2n) is 4.06. The minimum Gasteiger partial charge on any atom is -0.399 e. The summed E-state index contributed by atoms with van der Waals surface area (Å²) in [5, 5.41) is 4.42. The molecule has 0 unspecified atom stereocenters. The molecule has 0 fully saturated rings. The summed E-state index contributed by atoms with van der Waals surface area (Å²) in [7, 11) is 0. The zero-order valence-electron chi connectivity index (χ0n) is 10.0. The Kier molecular flexibility index (Phi) is 3.42. The minimum atomic E-state index is 0.346. The van der Waals surface area contributed by atoms with E-state index in [9.17, 15) is 0 Å². The van der Waals surface area contributed by atoms with Crippen LogP contribution in [0.2, 0.25) is 5.02 Å². The first-order chi connectivity index (χ1) is 9.61. The maximum atomic E-state index is 5.95. The Balaban J connectivity index is 1.99. The highest BCUT2D eigenvalue weighted by Gasteiger charge is 2.12. The number of hydrogen-bond donors (Lipinski definition) is 1. The van der Waals surface area contributed by atoms with Gasteiger partial charge in [-0.15, -0.1) is 0 Å². The number of halogens is 2. The van der Waals surface area contributed by atoms with Crippen LogP contribution in [-0.4, -0.2) is 15.1 Å². The summed E-state index contributed by atoms with van der Waals surface area (Å²) in [6.07, 6.45) is 1.67. The van der Waals surface area contributed by atoms with Gasteiger partial charge in [0.25, 0.3) is 5.89 Å². The maximum absolute atomic E-state index is 5.95. The highest BCUT2D eigenvalue weighted by atomic mass is 79.9. The van der Waals surface area contributed by atoms with Crippen molar-refractivity contribution in [2.24, 2.45) is 0 Å². The van der Waals surface area contributed by atoms with Gasteiger partial charge in [-0.05, 0) is 46.3 Å². The second kappa shape index (κ2) is 5.22. The van der Waals surface area contributed by atoms with Crippen molar-refractivity contribution in [3.05, 3.63) is 46.0 Å². The van der Waals surface area contributed by atoms with Gasteiger partial charge in [0, 0.05) is 26.9 Å². The quantitative estimate of drug-likeness (QED) is 0.711. The molecule has 3 rings (SSSR count). The number of rotatable bonds is 2. The summed E-state index contributed by atoms with van der Waals surface area (Å²) in [4.78, 5) is 8.50. The fraction of sp³-hybridized carbons (Fsp3) is 0. The van der Waals surface area contributed by atoms with E-state index in [0.717, 1.165) is 4.47 Å². The zero-order valence-corrected chi connectivity index (χ0v) is 12.4. The van der Waals surface area contributed by atoms with Gasteiger partial charge >= 0.3 is 0 Å². The fourth-order valence-corrected chi connectivity index (χ4v) is 2.17. The SMILES string of the molecule is Nc1cc(Cl)cc(-c2nc(-c3ccc(Br)cn3)no2)c1. The van der Waals surface area contributed by atoms with Gasteiger partial charge in [0.05, 0.1) is 0 Å². The molecule has 0 aliphatic carbocycles. The van der Waals surface area contributed by atoms with Gasteiger partial charge in [0.2, 0.25) is 5.82 Å². The van der Waals surface area contributed by atoms with Crippen molar-refractivity contribution < 1.29 is 4.52 Å². The third-order valence-corrected chi connectivity index (χ3v) is 3.24. The Bertz CT molecular complexity index is 737. The molecule has 0 amide bonds. The van der Waals surface area contributed by atoms with Crippen molar-refractivity contribution in [3.8, 4) is 23.0 Å². The van der Waals surface area contributed by atoms with Gasteiger partial charge in [0.15, 0.2) is 0 Å². The number of hydrogen-bond acceptors (Lipinski definition) is 5. The fourth-order valence-electron chi connectivity index (χ4n) is 1.69. The average molecular weight is 352 g/mol. The molecule has 2 N–H and O–H groups in total. The summed E-state index contributed by atoms with van der Waals surface area (Å²) in [5.41, 5.74) is 7.57. The van der Waals surface area contributed by atoms with Crippen LogP contribution in [0.15, 0.2) is 45.5 Å². The topological polar surface area (TPSA) is 77.8 Å². The molecule has 7 heteroatoms. The summed E-state index contributed by atoms with van der Waals surface area (Å²) < 4.78 is 6.10. The molecule has 0 aliphatic heterocycles. The highest BCUT2D eigenvalue weighted by Crippen LogP contribution is 2.26. The molecular weight excluding hydrogens is 344 g/mol. The predicted molar refractivity (Wildman–Crippen MR) is 80.1 cm³/mol. The molecule has 2 heterocycles. The zero-order chi connectivity index (χ0) is 14.1. The van der Waals surface area contributed by atoms with Crippen LogP contribution in [0.1, 0.15) is 0 Å². The molecule has 0 saturated carbocycles. The van der Waals surface area contributed by atoms with Crippen LogP contribution in [0.3, 0.4) is 0 Å². The van der Waals surface area contributed by atoms with Crippen molar-refractivity contribution >= 4 is 33.2 Å². The van der Waals surface area contributed by atoms with Crippen LogP contribution in [0.25, 0.3) is 23.0 Å². The van der Waals surface area contributed by atoms with Gasteiger partial charge in [-0.2, -0.15) is 4.98 Å². The van der Waals surface area contributed by atoms with Crippen molar-refractivity contribution in [1.82, 2.24) is 15.1 Å². The standard InChI is InChI=1S/C13H8BrClN4O/c14-8-1-2-11(17-6-8)12-18-13(20-19-12)7-3-9(15)5-10(16)4-7/h1-6H,16H2. The van der Waals surface area contributed by atoms with E-state index in [2.05, 4.69) is 31.1 Å². The van der Waals surface area contributed by atoms with Gasteiger partial charge in [-0.1, -0.05) is 16.8 Å². The normalized spacial score (nSPS) is 10.7. The largest absolute Gasteiger partial charge is 0.399 e. The number of pyridine rings is 1.